The highest BCUT2D eigenvalue weighted by Gasteiger charge is 2.10. The Morgan fingerprint density at radius 2 is 2.31 bits per heavy atom. The molecule has 0 aliphatic rings. The van der Waals surface area contributed by atoms with Gasteiger partial charge in [0.15, 0.2) is 0 Å². The van der Waals surface area contributed by atoms with Gasteiger partial charge in [-0.05, 0) is 24.7 Å². The van der Waals surface area contributed by atoms with Crippen LogP contribution in [0.25, 0.3) is 0 Å². The SMILES string of the molecule is CNC(CN)c1ccc(Cl)cc1Br. The second kappa shape index (κ2) is 4.96. The standard InChI is InChI=1S/C9H12BrClN2/c1-13-9(5-12)7-3-2-6(11)4-8(7)10/h2-4,9,13H,5,12H2,1H3. The molecule has 3 N–H and O–H groups in total. The maximum absolute atomic E-state index is 5.83. The first kappa shape index (κ1) is 11.0. The van der Waals surface area contributed by atoms with Gasteiger partial charge < -0.3 is 11.1 Å². The summed E-state index contributed by atoms with van der Waals surface area (Å²) >= 11 is 9.28. The molecule has 1 unspecified atom stereocenters. The lowest BCUT2D eigenvalue weighted by atomic mass is 10.1. The quantitative estimate of drug-likeness (QED) is 0.878. The molecule has 0 saturated heterocycles. The number of hydrogen-bond acceptors (Lipinski definition) is 2. The van der Waals surface area contributed by atoms with Gasteiger partial charge in [0.1, 0.15) is 0 Å². The molecular weight excluding hydrogens is 251 g/mol. The van der Waals surface area contributed by atoms with Crippen LogP contribution in [0.1, 0.15) is 11.6 Å². The van der Waals surface area contributed by atoms with Crippen LogP contribution in [-0.4, -0.2) is 13.6 Å². The molecule has 4 heteroatoms. The van der Waals surface area contributed by atoms with E-state index in [0.717, 1.165) is 15.1 Å². The first-order chi connectivity index (χ1) is 6.19. The van der Waals surface area contributed by atoms with Crippen LogP contribution in [0, 0.1) is 0 Å². The first-order valence-corrected chi connectivity index (χ1v) is 5.18. The molecule has 0 aliphatic heterocycles. The minimum Gasteiger partial charge on any atom is -0.329 e. The minimum absolute atomic E-state index is 0.173. The third-order valence-corrected chi connectivity index (χ3v) is 2.84. The van der Waals surface area contributed by atoms with Crippen LogP contribution in [0.2, 0.25) is 5.02 Å². The Hall–Kier alpha value is -0.0900. The Morgan fingerprint density at radius 3 is 2.77 bits per heavy atom. The van der Waals surface area contributed by atoms with Crippen LogP contribution < -0.4 is 11.1 Å². The molecule has 0 amide bonds. The van der Waals surface area contributed by atoms with Crippen molar-refractivity contribution in [3.8, 4) is 0 Å². The topological polar surface area (TPSA) is 38.0 Å². The number of nitrogens with one attached hydrogen (secondary N) is 1. The fourth-order valence-corrected chi connectivity index (χ4v) is 2.14. The Morgan fingerprint density at radius 1 is 1.62 bits per heavy atom. The van der Waals surface area contributed by atoms with E-state index in [0.29, 0.717) is 6.54 Å². The van der Waals surface area contributed by atoms with Crippen molar-refractivity contribution in [2.75, 3.05) is 13.6 Å². The van der Waals surface area contributed by atoms with Gasteiger partial charge in [0.25, 0.3) is 0 Å². The molecule has 13 heavy (non-hydrogen) atoms. The smallest absolute Gasteiger partial charge is 0.0453 e. The van der Waals surface area contributed by atoms with Crippen molar-refractivity contribution >= 4 is 27.5 Å². The van der Waals surface area contributed by atoms with Gasteiger partial charge in [-0.25, -0.2) is 0 Å². The van der Waals surface area contributed by atoms with Crippen LogP contribution >= 0.6 is 27.5 Å². The van der Waals surface area contributed by atoms with Gasteiger partial charge in [-0.1, -0.05) is 33.6 Å². The van der Waals surface area contributed by atoms with Gasteiger partial charge in [0, 0.05) is 22.1 Å². The molecule has 2 nitrogen and oxygen atoms in total. The molecular formula is C9H12BrClN2. The number of likely N-dealkylation sites (N-methyl/N-ethyl adjacent to an activating group) is 1. The zero-order valence-electron chi connectivity index (χ0n) is 7.35. The Balaban J connectivity index is 2.99. The van der Waals surface area contributed by atoms with Crippen LogP contribution in [0.15, 0.2) is 22.7 Å². The zero-order chi connectivity index (χ0) is 9.84. The molecule has 1 aromatic carbocycles. The number of rotatable bonds is 3. The lowest BCUT2D eigenvalue weighted by Gasteiger charge is -2.15. The molecule has 0 radical (unpaired) electrons. The average Bonchev–Trinajstić information content (AvgIpc) is 2.10. The van der Waals surface area contributed by atoms with Gasteiger partial charge in [0.2, 0.25) is 0 Å². The Bertz CT molecular complexity index is 287. The van der Waals surface area contributed by atoms with E-state index in [1.807, 2.05) is 25.2 Å². The molecule has 1 rings (SSSR count). The van der Waals surface area contributed by atoms with Crippen LogP contribution in [0.4, 0.5) is 0 Å². The largest absolute Gasteiger partial charge is 0.329 e. The van der Waals surface area contributed by atoms with E-state index in [4.69, 9.17) is 17.3 Å². The molecule has 0 fully saturated rings. The van der Waals surface area contributed by atoms with Crippen LogP contribution in [-0.2, 0) is 0 Å². The van der Waals surface area contributed by atoms with Crippen LogP contribution in [0.5, 0.6) is 0 Å². The van der Waals surface area contributed by atoms with E-state index in [-0.39, 0.29) is 6.04 Å². The third kappa shape index (κ3) is 2.68. The molecule has 0 bridgehead atoms. The summed E-state index contributed by atoms with van der Waals surface area (Å²) < 4.78 is 0.991. The van der Waals surface area contributed by atoms with Gasteiger partial charge in [-0.15, -0.1) is 0 Å². The van der Waals surface area contributed by atoms with Crippen molar-refractivity contribution in [3.05, 3.63) is 33.3 Å². The summed E-state index contributed by atoms with van der Waals surface area (Å²) in [4.78, 5) is 0. The maximum Gasteiger partial charge on any atom is 0.0453 e. The highest BCUT2D eigenvalue weighted by Crippen LogP contribution is 2.25. The first-order valence-electron chi connectivity index (χ1n) is 4.01. The lowest BCUT2D eigenvalue weighted by Crippen LogP contribution is -2.25. The van der Waals surface area contributed by atoms with E-state index in [1.54, 1.807) is 0 Å². The predicted octanol–water partition coefficient (Wildman–Crippen LogP) is 2.32. The van der Waals surface area contributed by atoms with Gasteiger partial charge in [-0.2, -0.15) is 0 Å². The van der Waals surface area contributed by atoms with Crippen LogP contribution in [0.3, 0.4) is 0 Å². The number of hydrogen-bond donors (Lipinski definition) is 2. The third-order valence-electron chi connectivity index (χ3n) is 1.92. The van der Waals surface area contributed by atoms with Gasteiger partial charge >= 0.3 is 0 Å². The number of benzene rings is 1. The Kier molecular flexibility index (Phi) is 4.19. The van der Waals surface area contributed by atoms with Gasteiger partial charge in [0.05, 0.1) is 0 Å². The molecule has 0 spiro atoms. The monoisotopic (exact) mass is 262 g/mol. The second-order valence-corrected chi connectivity index (χ2v) is 4.03. The molecule has 0 saturated carbocycles. The van der Waals surface area contributed by atoms with E-state index in [1.165, 1.54) is 0 Å². The van der Waals surface area contributed by atoms with E-state index in [2.05, 4.69) is 21.2 Å². The Labute approximate surface area is 91.6 Å². The molecule has 0 aromatic heterocycles. The highest BCUT2D eigenvalue weighted by molar-refractivity contribution is 9.10. The van der Waals surface area contributed by atoms with Crippen molar-refractivity contribution in [2.24, 2.45) is 5.73 Å². The normalized spacial score (nSPS) is 12.9. The van der Waals surface area contributed by atoms with E-state index >= 15 is 0 Å². The van der Waals surface area contributed by atoms with Crippen molar-refractivity contribution in [1.29, 1.82) is 0 Å². The summed E-state index contributed by atoms with van der Waals surface area (Å²) in [6.07, 6.45) is 0. The summed E-state index contributed by atoms with van der Waals surface area (Å²) in [7, 11) is 1.89. The molecule has 72 valence electrons. The molecule has 1 aromatic rings. The molecule has 1 atom stereocenters. The molecule has 0 heterocycles. The summed E-state index contributed by atoms with van der Waals surface area (Å²) in [5.41, 5.74) is 6.74. The average molecular weight is 264 g/mol. The second-order valence-electron chi connectivity index (χ2n) is 2.74. The summed E-state index contributed by atoms with van der Waals surface area (Å²) in [6.45, 7) is 0.566. The number of nitrogens with two attached hydrogens (primary N) is 1. The fraction of sp³-hybridized carbons (Fsp3) is 0.333. The summed E-state index contributed by atoms with van der Waals surface area (Å²) in [5, 5.41) is 3.85. The lowest BCUT2D eigenvalue weighted by molar-refractivity contribution is 0.603. The number of halogens is 2. The fourth-order valence-electron chi connectivity index (χ4n) is 1.18. The summed E-state index contributed by atoms with van der Waals surface area (Å²) in [6, 6.07) is 5.88. The van der Waals surface area contributed by atoms with Crippen molar-refractivity contribution in [2.45, 2.75) is 6.04 Å². The zero-order valence-corrected chi connectivity index (χ0v) is 9.69. The molecule has 0 aliphatic carbocycles. The van der Waals surface area contributed by atoms with Crippen molar-refractivity contribution in [1.82, 2.24) is 5.32 Å². The summed E-state index contributed by atoms with van der Waals surface area (Å²) in [5.74, 6) is 0. The van der Waals surface area contributed by atoms with Crippen molar-refractivity contribution < 1.29 is 0 Å². The predicted molar refractivity (Wildman–Crippen MR) is 60.0 cm³/mol. The van der Waals surface area contributed by atoms with E-state index in [9.17, 15) is 0 Å². The maximum atomic E-state index is 5.83. The highest BCUT2D eigenvalue weighted by atomic mass is 79.9. The minimum atomic E-state index is 0.173. The van der Waals surface area contributed by atoms with Gasteiger partial charge in [-0.3, -0.25) is 0 Å². The van der Waals surface area contributed by atoms with E-state index < -0.39 is 0 Å². The van der Waals surface area contributed by atoms with Crippen molar-refractivity contribution in [3.63, 3.8) is 0 Å².